The zero-order valence-electron chi connectivity index (χ0n) is 6.08. The molecule has 0 bridgehead atoms. The molecule has 1 aliphatic carbocycles. The Labute approximate surface area is 60.6 Å². The largest absolute Gasteiger partial charge is 0.392 e. The number of aliphatic hydroxyl groups is 1. The third-order valence-electron chi connectivity index (χ3n) is 1.92. The summed E-state index contributed by atoms with van der Waals surface area (Å²) in [4.78, 5) is 10.9. The van der Waals surface area contributed by atoms with Crippen LogP contribution in [0.15, 0.2) is 12.2 Å². The summed E-state index contributed by atoms with van der Waals surface area (Å²) >= 11 is 0. The molecule has 1 aliphatic rings. The number of hydrogen-bond donors (Lipinski definition) is 1. The number of carbonyl (C=O) groups is 1. The maximum atomic E-state index is 10.9. The maximum absolute atomic E-state index is 10.9. The fraction of sp³-hybridized carbons (Fsp3) is 0.625. The molecule has 56 valence electrons. The van der Waals surface area contributed by atoms with E-state index in [1.807, 2.05) is 13.0 Å². The molecule has 0 radical (unpaired) electrons. The molecule has 0 saturated carbocycles. The van der Waals surface area contributed by atoms with Gasteiger partial charge >= 0.3 is 0 Å². The standard InChI is InChI=1S/C8H12O2/c1-2-7(9)6-4-3-5-8(6)10/h3,5-7,9H,2,4H2,1H3. The molecule has 0 aromatic carbocycles. The third kappa shape index (κ3) is 1.27. The van der Waals surface area contributed by atoms with Gasteiger partial charge in [0, 0.05) is 0 Å². The number of ketones is 1. The molecule has 1 rings (SSSR count). The zero-order valence-corrected chi connectivity index (χ0v) is 6.08. The maximum Gasteiger partial charge on any atom is 0.161 e. The van der Waals surface area contributed by atoms with Gasteiger partial charge in [-0.15, -0.1) is 0 Å². The van der Waals surface area contributed by atoms with Crippen LogP contribution in [0.2, 0.25) is 0 Å². The molecule has 0 saturated heterocycles. The van der Waals surface area contributed by atoms with E-state index in [9.17, 15) is 9.90 Å². The number of carbonyl (C=O) groups excluding carboxylic acids is 1. The van der Waals surface area contributed by atoms with Gasteiger partial charge in [-0.05, 0) is 18.9 Å². The average Bonchev–Trinajstić information content (AvgIpc) is 2.34. The van der Waals surface area contributed by atoms with Gasteiger partial charge in [0.05, 0.1) is 12.0 Å². The van der Waals surface area contributed by atoms with E-state index in [4.69, 9.17) is 0 Å². The van der Waals surface area contributed by atoms with Gasteiger partial charge in [-0.3, -0.25) is 4.79 Å². The number of hydrogen-bond acceptors (Lipinski definition) is 2. The summed E-state index contributed by atoms with van der Waals surface area (Å²) in [6.45, 7) is 1.89. The first-order valence-corrected chi connectivity index (χ1v) is 3.64. The monoisotopic (exact) mass is 140 g/mol. The van der Waals surface area contributed by atoms with E-state index >= 15 is 0 Å². The normalized spacial score (nSPS) is 27.4. The Balaban J connectivity index is 2.51. The minimum absolute atomic E-state index is 0.0781. The summed E-state index contributed by atoms with van der Waals surface area (Å²) in [5.41, 5.74) is 0. The van der Waals surface area contributed by atoms with Crippen molar-refractivity contribution >= 4 is 5.78 Å². The van der Waals surface area contributed by atoms with E-state index < -0.39 is 6.10 Å². The van der Waals surface area contributed by atoms with Crippen molar-refractivity contribution in [1.82, 2.24) is 0 Å². The summed E-state index contributed by atoms with van der Waals surface area (Å²) in [6.07, 6.45) is 4.32. The summed E-state index contributed by atoms with van der Waals surface area (Å²) in [5.74, 6) is -0.0700. The van der Waals surface area contributed by atoms with Crippen LogP contribution in [0, 0.1) is 5.92 Å². The Hall–Kier alpha value is -0.630. The van der Waals surface area contributed by atoms with E-state index in [1.54, 1.807) is 6.08 Å². The van der Waals surface area contributed by atoms with Crippen LogP contribution in [0.4, 0.5) is 0 Å². The van der Waals surface area contributed by atoms with Gasteiger partial charge in [-0.2, -0.15) is 0 Å². The number of allylic oxidation sites excluding steroid dienone is 2. The Morgan fingerprint density at radius 2 is 2.60 bits per heavy atom. The van der Waals surface area contributed by atoms with E-state index in [2.05, 4.69) is 0 Å². The minimum atomic E-state index is -0.442. The first-order chi connectivity index (χ1) is 4.75. The minimum Gasteiger partial charge on any atom is -0.392 e. The molecule has 0 aromatic rings. The van der Waals surface area contributed by atoms with Crippen LogP contribution in [-0.2, 0) is 4.79 Å². The molecule has 2 atom stereocenters. The first-order valence-electron chi connectivity index (χ1n) is 3.64. The van der Waals surface area contributed by atoms with Crippen molar-refractivity contribution in [2.45, 2.75) is 25.9 Å². The quantitative estimate of drug-likeness (QED) is 0.618. The third-order valence-corrected chi connectivity index (χ3v) is 1.92. The smallest absolute Gasteiger partial charge is 0.161 e. The van der Waals surface area contributed by atoms with Crippen LogP contribution >= 0.6 is 0 Å². The summed E-state index contributed by atoms with van der Waals surface area (Å²) in [7, 11) is 0. The fourth-order valence-electron chi connectivity index (χ4n) is 1.20. The number of rotatable bonds is 2. The molecule has 2 nitrogen and oxygen atoms in total. The highest BCUT2D eigenvalue weighted by atomic mass is 16.3. The highest BCUT2D eigenvalue weighted by Crippen LogP contribution is 2.19. The van der Waals surface area contributed by atoms with E-state index in [-0.39, 0.29) is 11.7 Å². The lowest BCUT2D eigenvalue weighted by atomic mass is 9.97. The van der Waals surface area contributed by atoms with Crippen LogP contribution < -0.4 is 0 Å². The Bertz CT molecular complexity index is 161. The predicted molar refractivity (Wildman–Crippen MR) is 38.6 cm³/mol. The molecule has 0 amide bonds. The second kappa shape index (κ2) is 2.97. The van der Waals surface area contributed by atoms with Crippen molar-refractivity contribution in [2.24, 2.45) is 5.92 Å². The molecule has 0 aliphatic heterocycles. The zero-order chi connectivity index (χ0) is 7.56. The van der Waals surface area contributed by atoms with Crippen molar-refractivity contribution in [3.05, 3.63) is 12.2 Å². The Morgan fingerprint density at radius 1 is 1.90 bits per heavy atom. The van der Waals surface area contributed by atoms with Gasteiger partial charge < -0.3 is 5.11 Å². The average molecular weight is 140 g/mol. The Kier molecular flexibility index (Phi) is 2.22. The van der Waals surface area contributed by atoms with Gasteiger partial charge in [-0.25, -0.2) is 0 Å². The van der Waals surface area contributed by atoms with Crippen molar-refractivity contribution < 1.29 is 9.90 Å². The lowest BCUT2D eigenvalue weighted by molar-refractivity contribution is -0.120. The molecule has 0 aromatic heterocycles. The van der Waals surface area contributed by atoms with E-state index in [0.29, 0.717) is 12.8 Å². The molecule has 2 heteroatoms. The molecule has 0 fully saturated rings. The topological polar surface area (TPSA) is 37.3 Å². The van der Waals surface area contributed by atoms with Gasteiger partial charge in [0.1, 0.15) is 0 Å². The van der Waals surface area contributed by atoms with Crippen molar-refractivity contribution in [3.63, 3.8) is 0 Å². The fourth-order valence-corrected chi connectivity index (χ4v) is 1.20. The second-order valence-electron chi connectivity index (χ2n) is 2.62. The number of aliphatic hydroxyl groups excluding tert-OH is 1. The first kappa shape index (κ1) is 7.48. The van der Waals surface area contributed by atoms with Crippen molar-refractivity contribution in [2.75, 3.05) is 0 Å². The van der Waals surface area contributed by atoms with Gasteiger partial charge in [-0.1, -0.05) is 13.0 Å². The molecule has 0 spiro atoms. The Morgan fingerprint density at radius 3 is 3.00 bits per heavy atom. The molecule has 0 heterocycles. The van der Waals surface area contributed by atoms with Crippen LogP contribution in [0.25, 0.3) is 0 Å². The molecule has 10 heavy (non-hydrogen) atoms. The SMILES string of the molecule is CCC(O)C1CC=CC1=O. The summed E-state index contributed by atoms with van der Waals surface area (Å²) < 4.78 is 0. The lowest BCUT2D eigenvalue weighted by Gasteiger charge is -2.13. The summed E-state index contributed by atoms with van der Waals surface area (Å²) in [6, 6.07) is 0. The second-order valence-corrected chi connectivity index (χ2v) is 2.62. The van der Waals surface area contributed by atoms with Crippen LogP contribution in [0.3, 0.4) is 0 Å². The lowest BCUT2D eigenvalue weighted by Crippen LogP contribution is -2.23. The molecule has 2 unspecified atom stereocenters. The molecular weight excluding hydrogens is 128 g/mol. The van der Waals surface area contributed by atoms with E-state index in [1.165, 1.54) is 0 Å². The van der Waals surface area contributed by atoms with Crippen molar-refractivity contribution in [3.8, 4) is 0 Å². The van der Waals surface area contributed by atoms with Gasteiger partial charge in [0.2, 0.25) is 0 Å². The highest BCUT2D eigenvalue weighted by Gasteiger charge is 2.25. The predicted octanol–water partition coefficient (Wildman–Crippen LogP) is 0.902. The van der Waals surface area contributed by atoms with Gasteiger partial charge in [0.15, 0.2) is 5.78 Å². The van der Waals surface area contributed by atoms with Gasteiger partial charge in [0.25, 0.3) is 0 Å². The molecule has 1 N–H and O–H groups in total. The van der Waals surface area contributed by atoms with Crippen LogP contribution in [0.5, 0.6) is 0 Å². The van der Waals surface area contributed by atoms with Crippen LogP contribution in [0.1, 0.15) is 19.8 Å². The van der Waals surface area contributed by atoms with Crippen LogP contribution in [-0.4, -0.2) is 17.0 Å². The van der Waals surface area contributed by atoms with Crippen molar-refractivity contribution in [1.29, 1.82) is 0 Å². The summed E-state index contributed by atoms with van der Waals surface area (Å²) in [5, 5.41) is 9.27. The van der Waals surface area contributed by atoms with E-state index in [0.717, 1.165) is 0 Å². The highest BCUT2D eigenvalue weighted by molar-refractivity contribution is 5.94. The molecular formula is C8H12O2.